The molecule has 190 valence electrons. The highest BCUT2D eigenvalue weighted by Gasteiger charge is 2.60. The molecule has 3 aromatic rings. The standard InChI is InChI=1S/C24H23F4N5O2S/c25-20-5-7-21(8-6-20)33-12-22(29-31-33)16-2-1-15-10-18-3-4-19(11-17(15)9-16)23(18)13-32(14-24(26,27)28)36(34,35)30-23/h1-2,5-9,12,18-19,30H,3-4,10-11,13-14H2/t18-,19+,23+/m0/s1. The lowest BCUT2D eigenvalue weighted by Crippen LogP contribution is -2.52. The molecule has 2 fully saturated rings. The summed E-state index contributed by atoms with van der Waals surface area (Å²) in [6.07, 6.45) is -0.185. The summed E-state index contributed by atoms with van der Waals surface area (Å²) in [5.74, 6) is -0.535. The number of benzene rings is 2. The highest BCUT2D eigenvalue weighted by molar-refractivity contribution is 7.87. The van der Waals surface area contributed by atoms with Crippen LogP contribution in [-0.4, -0.2) is 52.5 Å². The van der Waals surface area contributed by atoms with Gasteiger partial charge in [0.15, 0.2) is 0 Å². The van der Waals surface area contributed by atoms with Crippen LogP contribution in [0.5, 0.6) is 0 Å². The molecule has 3 aliphatic rings. The van der Waals surface area contributed by atoms with E-state index in [1.807, 2.05) is 18.2 Å². The fourth-order valence-corrected chi connectivity index (χ4v) is 7.83. The van der Waals surface area contributed by atoms with Gasteiger partial charge in [-0.05, 0) is 79.0 Å². The number of halogens is 4. The lowest BCUT2D eigenvalue weighted by molar-refractivity contribution is -0.136. The van der Waals surface area contributed by atoms with E-state index in [0.717, 1.165) is 29.5 Å². The minimum absolute atomic E-state index is 0.0815. The van der Waals surface area contributed by atoms with Gasteiger partial charge in [-0.25, -0.2) is 9.07 Å². The minimum atomic E-state index is -4.60. The van der Waals surface area contributed by atoms with Crippen molar-refractivity contribution in [3.63, 3.8) is 0 Å². The van der Waals surface area contributed by atoms with Gasteiger partial charge in [-0.2, -0.15) is 30.6 Å². The fourth-order valence-electron chi connectivity index (χ4n) is 6.12. The van der Waals surface area contributed by atoms with Crippen LogP contribution in [0.4, 0.5) is 17.6 Å². The molecule has 3 atom stereocenters. The molecule has 7 nitrogen and oxygen atoms in total. The van der Waals surface area contributed by atoms with Crippen molar-refractivity contribution in [1.29, 1.82) is 0 Å². The lowest BCUT2D eigenvalue weighted by Gasteiger charge is -2.33. The van der Waals surface area contributed by atoms with Gasteiger partial charge in [0.05, 0.1) is 17.4 Å². The maximum absolute atomic E-state index is 13.2. The Bertz CT molecular complexity index is 1420. The molecule has 1 saturated heterocycles. The molecule has 1 aromatic heterocycles. The third-order valence-corrected chi connectivity index (χ3v) is 9.37. The van der Waals surface area contributed by atoms with Crippen molar-refractivity contribution in [2.75, 3.05) is 13.1 Å². The Morgan fingerprint density at radius 3 is 2.42 bits per heavy atom. The van der Waals surface area contributed by atoms with Gasteiger partial charge >= 0.3 is 6.18 Å². The molecule has 0 unspecified atom stereocenters. The Hall–Kier alpha value is -2.83. The SMILES string of the molecule is O=S1(=O)N[C@@]2(CN1CC(F)(F)F)[C@@H]1CC[C@H]2Cc2ccc(-c3cn(-c4ccc(F)cc4)nn3)cc2C1. The first-order chi connectivity index (χ1) is 17.0. The van der Waals surface area contributed by atoms with Crippen LogP contribution in [0.1, 0.15) is 24.0 Å². The zero-order valence-electron chi connectivity index (χ0n) is 19.0. The van der Waals surface area contributed by atoms with Crippen molar-refractivity contribution in [3.05, 3.63) is 65.6 Å². The van der Waals surface area contributed by atoms with E-state index in [0.29, 0.717) is 28.5 Å². The fraction of sp³-hybridized carbons (Fsp3) is 0.417. The van der Waals surface area contributed by atoms with Crippen LogP contribution in [0.3, 0.4) is 0 Å². The Kier molecular flexibility index (Phi) is 5.29. The summed E-state index contributed by atoms with van der Waals surface area (Å²) in [6.45, 7) is -1.65. The van der Waals surface area contributed by atoms with Crippen molar-refractivity contribution in [2.24, 2.45) is 11.8 Å². The average Bonchev–Trinajstić information content (AvgIpc) is 3.43. The maximum Gasteiger partial charge on any atom is 0.402 e. The summed E-state index contributed by atoms with van der Waals surface area (Å²) in [6, 6.07) is 11.8. The molecule has 2 aromatic carbocycles. The zero-order chi connectivity index (χ0) is 25.3. The number of alkyl halides is 3. The smallest absolute Gasteiger partial charge is 0.220 e. The molecular weight excluding hydrogens is 498 g/mol. The van der Waals surface area contributed by atoms with Crippen LogP contribution in [-0.2, 0) is 23.1 Å². The van der Waals surface area contributed by atoms with Gasteiger partial charge in [0.25, 0.3) is 10.2 Å². The van der Waals surface area contributed by atoms with Gasteiger partial charge in [-0.15, -0.1) is 5.10 Å². The largest absolute Gasteiger partial charge is 0.402 e. The molecule has 12 heteroatoms. The molecule has 2 aliphatic carbocycles. The number of rotatable bonds is 3. The number of nitrogens with zero attached hydrogens (tertiary/aromatic N) is 4. The molecule has 0 radical (unpaired) electrons. The van der Waals surface area contributed by atoms with Gasteiger partial charge in [0.2, 0.25) is 0 Å². The molecule has 2 bridgehead atoms. The highest BCUT2D eigenvalue weighted by atomic mass is 32.2. The predicted octanol–water partition coefficient (Wildman–Crippen LogP) is 3.65. The highest BCUT2D eigenvalue weighted by Crippen LogP contribution is 2.50. The number of aromatic nitrogens is 3. The van der Waals surface area contributed by atoms with Crippen LogP contribution in [0.15, 0.2) is 48.7 Å². The van der Waals surface area contributed by atoms with Gasteiger partial charge in [-0.1, -0.05) is 17.3 Å². The first-order valence-electron chi connectivity index (χ1n) is 11.7. The van der Waals surface area contributed by atoms with E-state index in [2.05, 4.69) is 15.0 Å². The average molecular weight is 522 g/mol. The molecule has 36 heavy (non-hydrogen) atoms. The monoisotopic (exact) mass is 521 g/mol. The van der Waals surface area contributed by atoms with E-state index in [4.69, 9.17) is 0 Å². The zero-order valence-corrected chi connectivity index (χ0v) is 19.9. The molecule has 1 N–H and O–H groups in total. The van der Waals surface area contributed by atoms with Gasteiger partial charge < -0.3 is 0 Å². The maximum atomic E-state index is 13.2. The first kappa shape index (κ1) is 23.6. The quantitative estimate of drug-likeness (QED) is 0.534. The van der Waals surface area contributed by atoms with Crippen LogP contribution in [0.2, 0.25) is 0 Å². The predicted molar refractivity (Wildman–Crippen MR) is 123 cm³/mol. The van der Waals surface area contributed by atoms with Crippen molar-refractivity contribution in [3.8, 4) is 16.9 Å². The molecule has 2 heterocycles. The van der Waals surface area contributed by atoms with Gasteiger partial charge in [0.1, 0.15) is 18.1 Å². The van der Waals surface area contributed by atoms with Crippen molar-refractivity contribution in [1.82, 2.24) is 24.0 Å². The molecule has 1 saturated carbocycles. The van der Waals surface area contributed by atoms with E-state index < -0.39 is 28.5 Å². The Morgan fingerprint density at radius 2 is 1.72 bits per heavy atom. The molecule has 1 aliphatic heterocycles. The number of hydrogen-bond acceptors (Lipinski definition) is 4. The van der Waals surface area contributed by atoms with E-state index in [1.54, 1.807) is 23.0 Å². The summed E-state index contributed by atoms with van der Waals surface area (Å²) in [4.78, 5) is 0. The minimum Gasteiger partial charge on any atom is -0.220 e. The van der Waals surface area contributed by atoms with Crippen LogP contribution >= 0.6 is 0 Å². The summed E-state index contributed by atoms with van der Waals surface area (Å²) >= 11 is 0. The number of fused-ring (bicyclic) bond motifs is 1. The van der Waals surface area contributed by atoms with E-state index in [1.165, 1.54) is 12.1 Å². The summed E-state index contributed by atoms with van der Waals surface area (Å²) in [7, 11) is -4.22. The van der Waals surface area contributed by atoms with Crippen molar-refractivity contribution in [2.45, 2.75) is 37.4 Å². The second-order valence-corrected chi connectivity index (χ2v) is 11.6. The number of hydrogen-bond donors (Lipinski definition) is 1. The summed E-state index contributed by atoms with van der Waals surface area (Å²) in [5.41, 5.74) is 3.34. The Balaban J connectivity index is 1.29. The van der Waals surface area contributed by atoms with E-state index in [9.17, 15) is 26.0 Å². The third kappa shape index (κ3) is 4.00. The lowest BCUT2D eigenvalue weighted by atomic mass is 9.79. The second-order valence-electron chi connectivity index (χ2n) is 9.92. The normalized spacial score (nSPS) is 27.3. The van der Waals surface area contributed by atoms with Crippen molar-refractivity contribution < 1.29 is 26.0 Å². The van der Waals surface area contributed by atoms with E-state index in [-0.39, 0.29) is 24.2 Å². The summed E-state index contributed by atoms with van der Waals surface area (Å²) < 4.78 is 82.6. The molecule has 1 spiro atoms. The van der Waals surface area contributed by atoms with Crippen molar-refractivity contribution >= 4 is 10.2 Å². The van der Waals surface area contributed by atoms with Gasteiger partial charge in [-0.3, -0.25) is 0 Å². The van der Waals surface area contributed by atoms with Crippen LogP contribution < -0.4 is 4.72 Å². The Morgan fingerprint density at radius 1 is 1.03 bits per heavy atom. The first-order valence-corrected chi connectivity index (χ1v) is 13.1. The molecule has 6 rings (SSSR count). The third-order valence-electron chi connectivity index (χ3n) is 7.79. The topological polar surface area (TPSA) is 80.1 Å². The number of nitrogens with one attached hydrogen (secondary N) is 1. The Labute approximate surface area is 205 Å². The van der Waals surface area contributed by atoms with Crippen LogP contribution in [0, 0.1) is 17.7 Å². The summed E-state index contributed by atoms with van der Waals surface area (Å²) in [5, 5.41) is 8.40. The van der Waals surface area contributed by atoms with Gasteiger partial charge in [0, 0.05) is 12.1 Å². The second kappa shape index (κ2) is 8.09. The van der Waals surface area contributed by atoms with Crippen LogP contribution in [0.25, 0.3) is 16.9 Å². The molecular formula is C24H23F4N5O2S. The van der Waals surface area contributed by atoms with E-state index >= 15 is 0 Å². The molecule has 0 amide bonds.